The molecule has 0 saturated carbocycles. The molecule has 0 aliphatic rings. The van der Waals surface area contributed by atoms with Crippen molar-refractivity contribution in [2.24, 2.45) is 0 Å². The zero-order valence-corrected chi connectivity index (χ0v) is 8.97. The van der Waals surface area contributed by atoms with Gasteiger partial charge >= 0.3 is 5.97 Å². The lowest BCUT2D eigenvalue weighted by atomic mass is 10.4. The SMILES string of the molecule is CCOc1cc(C)n2cnc(C(=O)O)c2n1. The Kier molecular flexibility index (Phi) is 2.47. The van der Waals surface area contributed by atoms with Gasteiger partial charge in [-0.2, -0.15) is 4.98 Å². The van der Waals surface area contributed by atoms with E-state index in [4.69, 9.17) is 9.84 Å². The lowest BCUT2D eigenvalue weighted by molar-refractivity contribution is 0.0693. The molecule has 0 bridgehead atoms. The molecule has 2 aromatic rings. The lowest BCUT2D eigenvalue weighted by Crippen LogP contribution is -2.03. The van der Waals surface area contributed by atoms with E-state index in [1.54, 1.807) is 10.5 Å². The van der Waals surface area contributed by atoms with E-state index < -0.39 is 5.97 Å². The molecule has 0 fully saturated rings. The van der Waals surface area contributed by atoms with Crippen LogP contribution in [0.15, 0.2) is 12.4 Å². The predicted molar refractivity (Wildman–Crippen MR) is 55.9 cm³/mol. The van der Waals surface area contributed by atoms with E-state index in [1.165, 1.54) is 6.33 Å². The molecule has 0 spiro atoms. The molecule has 0 radical (unpaired) electrons. The number of carboxylic acids is 1. The van der Waals surface area contributed by atoms with Gasteiger partial charge in [0.15, 0.2) is 11.3 Å². The third-order valence-electron chi connectivity index (χ3n) is 2.17. The first-order chi connectivity index (χ1) is 7.63. The van der Waals surface area contributed by atoms with E-state index in [0.29, 0.717) is 18.1 Å². The minimum absolute atomic E-state index is 0.0651. The Morgan fingerprint density at radius 1 is 1.62 bits per heavy atom. The molecule has 0 aliphatic carbocycles. The Hall–Kier alpha value is -2.11. The number of nitrogens with zero attached hydrogens (tertiary/aromatic N) is 3. The van der Waals surface area contributed by atoms with Gasteiger partial charge in [-0.25, -0.2) is 9.78 Å². The number of aryl methyl sites for hydroxylation is 1. The molecule has 2 heterocycles. The van der Waals surface area contributed by atoms with Crippen LogP contribution in [0, 0.1) is 6.92 Å². The second-order valence-corrected chi connectivity index (χ2v) is 3.26. The van der Waals surface area contributed by atoms with Gasteiger partial charge in [0.05, 0.1) is 6.61 Å². The van der Waals surface area contributed by atoms with Crippen molar-refractivity contribution in [1.82, 2.24) is 14.4 Å². The normalized spacial score (nSPS) is 10.6. The Labute approximate surface area is 91.5 Å². The number of hydrogen-bond acceptors (Lipinski definition) is 4. The highest BCUT2D eigenvalue weighted by Crippen LogP contribution is 2.16. The van der Waals surface area contributed by atoms with Gasteiger partial charge in [0.25, 0.3) is 0 Å². The maximum atomic E-state index is 10.9. The monoisotopic (exact) mass is 221 g/mol. The molecule has 0 aliphatic heterocycles. The number of ether oxygens (including phenoxy) is 1. The van der Waals surface area contributed by atoms with Crippen molar-refractivity contribution in [3.8, 4) is 5.88 Å². The van der Waals surface area contributed by atoms with Crippen molar-refractivity contribution in [1.29, 1.82) is 0 Å². The van der Waals surface area contributed by atoms with E-state index in [9.17, 15) is 4.79 Å². The highest BCUT2D eigenvalue weighted by Gasteiger charge is 2.15. The number of carboxylic acid groups (broad SMARTS) is 1. The van der Waals surface area contributed by atoms with Crippen molar-refractivity contribution < 1.29 is 14.6 Å². The van der Waals surface area contributed by atoms with Crippen molar-refractivity contribution in [3.05, 3.63) is 23.8 Å². The van der Waals surface area contributed by atoms with Gasteiger partial charge in [0.1, 0.15) is 6.33 Å². The molecule has 6 nitrogen and oxygen atoms in total. The summed E-state index contributed by atoms with van der Waals surface area (Å²) in [6.07, 6.45) is 1.44. The van der Waals surface area contributed by atoms with Gasteiger partial charge in [-0.15, -0.1) is 0 Å². The van der Waals surface area contributed by atoms with Crippen LogP contribution in [-0.2, 0) is 0 Å². The van der Waals surface area contributed by atoms with E-state index in [2.05, 4.69) is 9.97 Å². The minimum atomic E-state index is -1.09. The number of rotatable bonds is 3. The molecule has 16 heavy (non-hydrogen) atoms. The molecule has 1 N–H and O–H groups in total. The standard InChI is InChI=1S/C10H11N3O3/c1-3-16-7-4-6(2)13-5-11-8(10(14)15)9(13)12-7/h4-5H,3H2,1-2H3,(H,14,15). The van der Waals surface area contributed by atoms with E-state index in [-0.39, 0.29) is 5.69 Å². The van der Waals surface area contributed by atoms with Gasteiger partial charge in [-0.05, 0) is 13.8 Å². The first-order valence-electron chi connectivity index (χ1n) is 4.84. The highest BCUT2D eigenvalue weighted by molar-refractivity contribution is 5.92. The summed E-state index contributed by atoms with van der Waals surface area (Å²) in [6, 6.07) is 1.74. The van der Waals surface area contributed by atoms with Crippen LogP contribution in [-0.4, -0.2) is 32.1 Å². The Morgan fingerprint density at radius 2 is 2.38 bits per heavy atom. The van der Waals surface area contributed by atoms with Crippen LogP contribution in [0.4, 0.5) is 0 Å². The molecule has 0 atom stereocenters. The number of fused-ring (bicyclic) bond motifs is 1. The minimum Gasteiger partial charge on any atom is -0.478 e. The number of hydrogen-bond donors (Lipinski definition) is 1. The molecule has 84 valence electrons. The molecule has 2 aromatic heterocycles. The lowest BCUT2D eigenvalue weighted by Gasteiger charge is -2.05. The van der Waals surface area contributed by atoms with E-state index in [1.807, 2.05) is 13.8 Å². The van der Waals surface area contributed by atoms with Gasteiger partial charge in [-0.1, -0.05) is 0 Å². The van der Waals surface area contributed by atoms with Crippen molar-refractivity contribution >= 4 is 11.6 Å². The smallest absolute Gasteiger partial charge is 0.358 e. The van der Waals surface area contributed by atoms with Crippen LogP contribution >= 0.6 is 0 Å². The third kappa shape index (κ3) is 1.58. The second-order valence-electron chi connectivity index (χ2n) is 3.26. The highest BCUT2D eigenvalue weighted by atomic mass is 16.5. The van der Waals surface area contributed by atoms with Crippen molar-refractivity contribution in [2.45, 2.75) is 13.8 Å². The summed E-state index contributed by atoms with van der Waals surface area (Å²) in [6.45, 7) is 4.17. The molecule has 0 saturated heterocycles. The topological polar surface area (TPSA) is 76.7 Å². The maximum Gasteiger partial charge on any atom is 0.358 e. The van der Waals surface area contributed by atoms with Gasteiger partial charge in [-0.3, -0.25) is 4.40 Å². The van der Waals surface area contributed by atoms with E-state index >= 15 is 0 Å². The fourth-order valence-corrected chi connectivity index (χ4v) is 1.46. The molecule has 2 rings (SSSR count). The fraction of sp³-hybridized carbons (Fsp3) is 0.300. The summed E-state index contributed by atoms with van der Waals surface area (Å²) in [7, 11) is 0. The van der Waals surface area contributed by atoms with Gasteiger partial charge in [0, 0.05) is 11.8 Å². The quantitative estimate of drug-likeness (QED) is 0.840. The van der Waals surface area contributed by atoms with Crippen LogP contribution in [0.2, 0.25) is 0 Å². The number of imidazole rings is 1. The number of aromatic carboxylic acids is 1. The zero-order chi connectivity index (χ0) is 11.7. The Morgan fingerprint density at radius 3 is 3.00 bits per heavy atom. The first-order valence-corrected chi connectivity index (χ1v) is 4.84. The van der Waals surface area contributed by atoms with Gasteiger partial charge in [0.2, 0.25) is 5.88 Å². The second kappa shape index (κ2) is 3.80. The summed E-state index contributed by atoms with van der Waals surface area (Å²) >= 11 is 0. The largest absolute Gasteiger partial charge is 0.478 e. The fourth-order valence-electron chi connectivity index (χ4n) is 1.46. The number of carbonyl (C=O) groups is 1. The molecule has 0 aromatic carbocycles. The molecular formula is C10H11N3O3. The van der Waals surface area contributed by atoms with Crippen LogP contribution in [0.25, 0.3) is 5.65 Å². The van der Waals surface area contributed by atoms with Crippen molar-refractivity contribution in [3.63, 3.8) is 0 Å². The van der Waals surface area contributed by atoms with Crippen LogP contribution in [0.3, 0.4) is 0 Å². The molecule has 6 heteroatoms. The molecule has 0 unspecified atom stereocenters. The van der Waals surface area contributed by atoms with Crippen molar-refractivity contribution in [2.75, 3.05) is 6.61 Å². The zero-order valence-electron chi connectivity index (χ0n) is 8.97. The maximum absolute atomic E-state index is 10.9. The summed E-state index contributed by atoms with van der Waals surface area (Å²) < 4.78 is 6.87. The predicted octanol–water partition coefficient (Wildman–Crippen LogP) is 1.13. The molecule has 0 amide bonds. The summed E-state index contributed by atoms with van der Waals surface area (Å²) in [5, 5.41) is 8.93. The summed E-state index contributed by atoms with van der Waals surface area (Å²) in [5.41, 5.74) is 1.06. The summed E-state index contributed by atoms with van der Waals surface area (Å²) in [4.78, 5) is 18.8. The average Bonchev–Trinajstić information content (AvgIpc) is 2.62. The van der Waals surface area contributed by atoms with Crippen LogP contribution < -0.4 is 4.74 Å². The molecular weight excluding hydrogens is 210 g/mol. The Balaban J connectivity index is 2.66. The van der Waals surface area contributed by atoms with E-state index in [0.717, 1.165) is 5.69 Å². The Bertz CT molecular complexity index is 547. The van der Waals surface area contributed by atoms with Crippen LogP contribution in [0.1, 0.15) is 23.1 Å². The third-order valence-corrected chi connectivity index (χ3v) is 2.17. The van der Waals surface area contributed by atoms with Crippen LogP contribution in [0.5, 0.6) is 5.88 Å². The van der Waals surface area contributed by atoms with Gasteiger partial charge < -0.3 is 9.84 Å². The summed E-state index contributed by atoms with van der Waals surface area (Å²) in [5.74, 6) is -0.682. The number of aromatic nitrogens is 3. The average molecular weight is 221 g/mol. The first kappa shape index (κ1) is 10.4.